The Bertz CT molecular complexity index is 988. The van der Waals surface area contributed by atoms with Crippen LogP contribution in [0.3, 0.4) is 0 Å². The molecule has 1 saturated heterocycles. The molecule has 0 amide bonds. The fourth-order valence-corrected chi connectivity index (χ4v) is 5.34. The molecule has 2 fully saturated rings. The van der Waals surface area contributed by atoms with Gasteiger partial charge >= 0.3 is 0 Å². The molecule has 5 rings (SSSR count). The minimum Gasteiger partial charge on any atom is -0.368 e. The summed E-state index contributed by atoms with van der Waals surface area (Å²) in [6, 6.07) is 4.69. The van der Waals surface area contributed by atoms with Gasteiger partial charge in [-0.25, -0.2) is 20.0 Å². The molecule has 8 heteroatoms. The molecule has 1 aliphatic heterocycles. The maximum absolute atomic E-state index is 5.02. The van der Waals surface area contributed by atoms with E-state index in [9.17, 15) is 0 Å². The zero-order chi connectivity index (χ0) is 22.8. The average Bonchev–Trinajstić information content (AvgIpc) is 3.36. The van der Waals surface area contributed by atoms with E-state index in [1.54, 1.807) is 0 Å². The first-order valence-corrected chi connectivity index (χ1v) is 12.3. The molecule has 0 unspecified atom stereocenters. The largest absolute Gasteiger partial charge is 0.368 e. The lowest BCUT2D eigenvalue weighted by Gasteiger charge is -2.40. The van der Waals surface area contributed by atoms with Crippen LogP contribution in [-0.4, -0.2) is 71.3 Å². The van der Waals surface area contributed by atoms with Gasteiger partial charge in [0, 0.05) is 52.5 Å². The molecule has 33 heavy (non-hydrogen) atoms. The molecule has 0 radical (unpaired) electrons. The lowest BCUT2D eigenvalue weighted by molar-refractivity contribution is 0.0497. The Hall–Kier alpha value is -2.71. The second kappa shape index (κ2) is 9.65. The quantitative estimate of drug-likeness (QED) is 0.652. The number of nitrogens with one attached hydrogen (secondary N) is 2. The number of fused-ring (bicyclic) bond motifs is 1. The summed E-state index contributed by atoms with van der Waals surface area (Å²) in [7, 11) is 4.30. The summed E-state index contributed by atoms with van der Waals surface area (Å²) in [5.74, 6) is 1.38. The minimum absolute atomic E-state index is 0.543. The maximum atomic E-state index is 5.02. The van der Waals surface area contributed by atoms with Crippen LogP contribution in [0.1, 0.15) is 50.3 Å². The summed E-state index contributed by atoms with van der Waals surface area (Å²) >= 11 is 0. The number of anilines is 3. The summed E-state index contributed by atoms with van der Waals surface area (Å²) in [5.41, 5.74) is 6.13. The predicted molar refractivity (Wildman–Crippen MR) is 133 cm³/mol. The van der Waals surface area contributed by atoms with Crippen LogP contribution in [0.5, 0.6) is 0 Å². The Kier molecular flexibility index (Phi) is 6.46. The molecule has 2 aromatic heterocycles. The molecule has 8 nitrogen and oxygen atoms in total. The van der Waals surface area contributed by atoms with E-state index in [2.05, 4.69) is 62.6 Å². The number of allylic oxidation sites excluding steroid dienone is 1. The number of nitrogens with zero attached hydrogens (tertiary/aromatic N) is 6. The Morgan fingerprint density at radius 1 is 1.03 bits per heavy atom. The van der Waals surface area contributed by atoms with Crippen molar-refractivity contribution < 1.29 is 0 Å². The smallest absolute Gasteiger partial charge is 0.228 e. The summed E-state index contributed by atoms with van der Waals surface area (Å²) < 4.78 is 0. The number of hydrogen-bond donors (Lipinski definition) is 2. The summed E-state index contributed by atoms with van der Waals surface area (Å²) in [6.07, 6.45) is 11.1. The van der Waals surface area contributed by atoms with E-state index < -0.39 is 0 Å². The maximum Gasteiger partial charge on any atom is 0.228 e. The third kappa shape index (κ3) is 4.68. The first-order valence-electron chi connectivity index (χ1n) is 12.3. The lowest BCUT2D eigenvalue weighted by Crippen LogP contribution is -2.43. The van der Waals surface area contributed by atoms with E-state index in [0.717, 1.165) is 56.2 Å². The van der Waals surface area contributed by atoms with Crippen LogP contribution in [0.2, 0.25) is 0 Å². The third-order valence-electron chi connectivity index (χ3n) is 7.06. The molecule has 176 valence electrons. The molecular formula is C25H36N8. The average molecular weight is 449 g/mol. The van der Waals surface area contributed by atoms with Crippen LogP contribution >= 0.6 is 0 Å². The van der Waals surface area contributed by atoms with E-state index in [-0.39, 0.29) is 0 Å². The molecule has 3 aliphatic rings. The number of hydrazine groups is 1. The van der Waals surface area contributed by atoms with Crippen molar-refractivity contribution in [1.82, 2.24) is 30.3 Å². The van der Waals surface area contributed by atoms with Crippen molar-refractivity contribution in [2.75, 3.05) is 50.5 Å². The fourth-order valence-electron chi connectivity index (χ4n) is 5.34. The number of piperazine rings is 1. The zero-order valence-electron chi connectivity index (χ0n) is 20.1. The molecule has 0 spiro atoms. The van der Waals surface area contributed by atoms with Gasteiger partial charge in [-0.3, -0.25) is 0 Å². The molecular weight excluding hydrogens is 412 g/mol. The van der Waals surface area contributed by atoms with E-state index in [1.165, 1.54) is 42.5 Å². The monoisotopic (exact) mass is 448 g/mol. The van der Waals surface area contributed by atoms with E-state index in [4.69, 9.17) is 4.98 Å². The van der Waals surface area contributed by atoms with Gasteiger partial charge in [-0.2, -0.15) is 0 Å². The van der Waals surface area contributed by atoms with Gasteiger partial charge < -0.3 is 20.5 Å². The standard InChI is InChI=1S/C25H36N8/c1-18-8-9-19-16-28-25(29-22-11-10-21(17-27-22)32-14-12-26-13-15-32)30-23(19)24(18)33(31(2)3)20-6-4-5-7-20/h10-11,16-17,20,26H,4-9,12-15H2,1-3H3,(H,27,28,29,30). The molecule has 0 atom stereocenters. The van der Waals surface area contributed by atoms with Crippen LogP contribution < -0.4 is 15.5 Å². The van der Waals surface area contributed by atoms with Crippen molar-refractivity contribution in [1.29, 1.82) is 0 Å². The molecule has 1 saturated carbocycles. The van der Waals surface area contributed by atoms with Crippen molar-refractivity contribution >= 4 is 23.2 Å². The molecule has 0 aromatic carbocycles. The topological polar surface area (TPSA) is 72.5 Å². The number of hydrogen-bond acceptors (Lipinski definition) is 8. The van der Waals surface area contributed by atoms with Crippen LogP contribution in [0.15, 0.2) is 30.1 Å². The van der Waals surface area contributed by atoms with Crippen molar-refractivity contribution in [3.8, 4) is 0 Å². The van der Waals surface area contributed by atoms with Crippen LogP contribution in [0.4, 0.5) is 17.5 Å². The van der Waals surface area contributed by atoms with Crippen molar-refractivity contribution in [2.24, 2.45) is 0 Å². The third-order valence-corrected chi connectivity index (χ3v) is 7.06. The molecule has 2 aromatic rings. The van der Waals surface area contributed by atoms with Gasteiger partial charge in [0.2, 0.25) is 5.95 Å². The fraction of sp³-hybridized carbons (Fsp3) is 0.560. The number of aromatic nitrogens is 3. The highest BCUT2D eigenvalue weighted by atomic mass is 15.6. The van der Waals surface area contributed by atoms with E-state index >= 15 is 0 Å². The normalized spacial score (nSPS) is 19.2. The summed E-state index contributed by atoms with van der Waals surface area (Å²) in [6.45, 7) is 6.32. The highest BCUT2D eigenvalue weighted by molar-refractivity contribution is 5.70. The highest BCUT2D eigenvalue weighted by Crippen LogP contribution is 2.37. The van der Waals surface area contributed by atoms with Crippen molar-refractivity contribution in [2.45, 2.75) is 51.5 Å². The Labute approximate surface area is 197 Å². The second-order valence-corrected chi connectivity index (χ2v) is 9.59. The highest BCUT2D eigenvalue weighted by Gasteiger charge is 2.31. The first-order chi connectivity index (χ1) is 16.1. The van der Waals surface area contributed by atoms with Gasteiger partial charge in [0.05, 0.1) is 23.3 Å². The van der Waals surface area contributed by atoms with Gasteiger partial charge in [-0.1, -0.05) is 12.8 Å². The number of rotatable bonds is 6. The SMILES string of the molecule is CC1=C(N(C2CCCC2)N(C)C)c2nc(Nc3ccc(N4CCNCC4)cn3)ncc2CC1. The minimum atomic E-state index is 0.543. The Morgan fingerprint density at radius 3 is 2.52 bits per heavy atom. The summed E-state index contributed by atoms with van der Waals surface area (Å²) in [4.78, 5) is 16.6. The van der Waals surface area contributed by atoms with Gasteiger partial charge in [-0.05, 0) is 55.9 Å². The van der Waals surface area contributed by atoms with Gasteiger partial charge in [0.15, 0.2) is 0 Å². The van der Waals surface area contributed by atoms with Crippen molar-refractivity contribution in [3.05, 3.63) is 41.4 Å². The van der Waals surface area contributed by atoms with Gasteiger partial charge in [0.25, 0.3) is 0 Å². The van der Waals surface area contributed by atoms with Crippen LogP contribution in [0, 0.1) is 0 Å². The number of aryl methyl sites for hydroxylation is 1. The Balaban J connectivity index is 1.39. The summed E-state index contributed by atoms with van der Waals surface area (Å²) in [5, 5.41) is 11.5. The van der Waals surface area contributed by atoms with E-state index in [1.807, 2.05) is 18.5 Å². The zero-order valence-corrected chi connectivity index (χ0v) is 20.1. The Morgan fingerprint density at radius 2 is 1.82 bits per heavy atom. The molecule has 2 aliphatic carbocycles. The number of pyridine rings is 1. The predicted octanol–water partition coefficient (Wildman–Crippen LogP) is 3.42. The molecule has 0 bridgehead atoms. The van der Waals surface area contributed by atoms with Crippen LogP contribution in [0.25, 0.3) is 5.70 Å². The first kappa shape index (κ1) is 22.1. The second-order valence-electron chi connectivity index (χ2n) is 9.59. The van der Waals surface area contributed by atoms with Gasteiger partial charge in [-0.15, -0.1) is 0 Å². The van der Waals surface area contributed by atoms with Crippen LogP contribution in [-0.2, 0) is 6.42 Å². The lowest BCUT2D eigenvalue weighted by atomic mass is 9.93. The molecule has 2 N–H and O–H groups in total. The van der Waals surface area contributed by atoms with Gasteiger partial charge in [0.1, 0.15) is 5.82 Å². The molecule has 3 heterocycles. The van der Waals surface area contributed by atoms with Crippen molar-refractivity contribution in [3.63, 3.8) is 0 Å². The van der Waals surface area contributed by atoms with E-state index in [0.29, 0.717) is 12.0 Å².